The van der Waals surface area contributed by atoms with Gasteiger partial charge in [-0.15, -0.1) is 0 Å². The summed E-state index contributed by atoms with van der Waals surface area (Å²) in [6.07, 6.45) is 0.296. The molecule has 1 amide bonds. The predicted molar refractivity (Wildman–Crippen MR) is 111 cm³/mol. The Kier molecular flexibility index (Phi) is 8.16. The van der Waals surface area contributed by atoms with E-state index in [0.29, 0.717) is 32.7 Å². The number of hydrogen-bond donors (Lipinski definition) is 0. The van der Waals surface area contributed by atoms with Crippen LogP contribution in [0.3, 0.4) is 0 Å². The van der Waals surface area contributed by atoms with Gasteiger partial charge in [-0.1, -0.05) is 28.1 Å². The number of amides is 1. The second-order valence-electron chi connectivity index (χ2n) is 7.89. The molecule has 156 valence electrons. The molecular formula is C21H30BrNO5. The van der Waals surface area contributed by atoms with Gasteiger partial charge in [0.15, 0.2) is 0 Å². The molecule has 1 aliphatic heterocycles. The molecule has 0 radical (unpaired) electrons. The first kappa shape index (κ1) is 22.5. The smallest absolute Gasteiger partial charge is 0.410 e. The van der Waals surface area contributed by atoms with E-state index in [-0.39, 0.29) is 23.9 Å². The minimum atomic E-state index is -0.570. The lowest BCUT2D eigenvalue weighted by molar-refractivity contribution is -0.148. The first-order valence-corrected chi connectivity index (χ1v) is 10.8. The van der Waals surface area contributed by atoms with Crippen molar-refractivity contribution in [3.8, 4) is 5.75 Å². The fourth-order valence-electron chi connectivity index (χ4n) is 3.25. The highest BCUT2D eigenvalue weighted by Gasteiger charge is 2.41. The molecule has 0 saturated carbocycles. The molecule has 2 atom stereocenters. The Balaban J connectivity index is 2.07. The van der Waals surface area contributed by atoms with Gasteiger partial charge in [-0.2, -0.15) is 0 Å². The van der Waals surface area contributed by atoms with E-state index in [1.54, 1.807) is 11.8 Å². The average Bonchev–Trinajstić information content (AvgIpc) is 3.04. The molecule has 1 saturated heterocycles. The first-order valence-electron chi connectivity index (χ1n) is 9.65. The molecule has 0 spiro atoms. The second-order valence-corrected chi connectivity index (χ2v) is 8.68. The molecule has 0 N–H and O–H groups in total. The molecule has 1 aromatic carbocycles. The van der Waals surface area contributed by atoms with Gasteiger partial charge in [0.1, 0.15) is 11.4 Å². The van der Waals surface area contributed by atoms with Crippen LogP contribution in [0.5, 0.6) is 5.75 Å². The van der Waals surface area contributed by atoms with Crippen molar-refractivity contribution in [1.82, 2.24) is 4.90 Å². The van der Waals surface area contributed by atoms with E-state index < -0.39 is 5.60 Å². The van der Waals surface area contributed by atoms with Crippen molar-refractivity contribution in [2.45, 2.75) is 39.7 Å². The number of likely N-dealkylation sites (tertiary alicyclic amines) is 1. The van der Waals surface area contributed by atoms with Crippen LogP contribution in [0.15, 0.2) is 24.3 Å². The van der Waals surface area contributed by atoms with Gasteiger partial charge in [0.05, 0.1) is 19.1 Å². The predicted octanol–water partition coefficient (Wildman–Crippen LogP) is 4.05. The normalized spacial score (nSPS) is 19.4. The minimum Gasteiger partial charge on any atom is -0.493 e. The van der Waals surface area contributed by atoms with Crippen LogP contribution in [0.1, 0.15) is 33.3 Å². The lowest BCUT2D eigenvalue weighted by Crippen LogP contribution is -2.36. The third-order valence-corrected chi connectivity index (χ3v) is 4.77. The van der Waals surface area contributed by atoms with Gasteiger partial charge in [0.25, 0.3) is 0 Å². The number of carbonyl (C=O) groups excluding carboxylic acids is 2. The average molecular weight is 456 g/mol. The number of esters is 1. The van der Waals surface area contributed by atoms with Gasteiger partial charge in [-0.25, -0.2) is 4.79 Å². The van der Waals surface area contributed by atoms with Crippen molar-refractivity contribution in [3.05, 3.63) is 29.8 Å². The van der Waals surface area contributed by atoms with E-state index in [0.717, 1.165) is 16.6 Å². The number of halogens is 1. The molecule has 1 fully saturated rings. The first-order chi connectivity index (χ1) is 13.2. The van der Waals surface area contributed by atoms with Crippen LogP contribution in [-0.4, -0.2) is 54.2 Å². The van der Waals surface area contributed by atoms with Crippen LogP contribution in [0, 0.1) is 11.8 Å². The zero-order valence-corrected chi connectivity index (χ0v) is 18.7. The summed E-state index contributed by atoms with van der Waals surface area (Å²) in [5.41, 5.74) is 0.524. The fraction of sp³-hybridized carbons (Fsp3) is 0.619. The zero-order chi connectivity index (χ0) is 20.7. The number of alkyl halides is 1. The van der Waals surface area contributed by atoms with E-state index in [1.807, 2.05) is 45.0 Å². The highest BCUT2D eigenvalue weighted by atomic mass is 79.9. The number of benzene rings is 1. The standard InChI is InChI=1S/C21H30BrNO5/c1-5-26-19(24)18-14-23(20(25)28-21(2,3)4)13-16(18)12-15-6-8-17(9-7-15)27-11-10-22/h6-9,16,18H,5,10-14H2,1-4H3/t16-,18+/m1/s1. The summed E-state index contributed by atoms with van der Waals surface area (Å²) in [6.45, 7) is 9.03. The Hall–Kier alpha value is -1.76. The molecule has 6 nitrogen and oxygen atoms in total. The van der Waals surface area contributed by atoms with Crippen LogP contribution < -0.4 is 4.74 Å². The van der Waals surface area contributed by atoms with Gasteiger partial charge in [-0.3, -0.25) is 4.79 Å². The zero-order valence-electron chi connectivity index (χ0n) is 17.1. The molecule has 1 heterocycles. The number of ether oxygens (including phenoxy) is 3. The lowest BCUT2D eigenvalue weighted by Gasteiger charge is -2.24. The monoisotopic (exact) mass is 455 g/mol. The topological polar surface area (TPSA) is 65.1 Å². The van der Waals surface area contributed by atoms with Crippen LogP contribution in [0.2, 0.25) is 0 Å². The maximum Gasteiger partial charge on any atom is 0.410 e. The van der Waals surface area contributed by atoms with E-state index in [1.165, 1.54) is 0 Å². The van der Waals surface area contributed by atoms with Gasteiger partial charge >= 0.3 is 12.1 Å². The highest BCUT2D eigenvalue weighted by Crippen LogP contribution is 2.30. The molecule has 7 heteroatoms. The van der Waals surface area contributed by atoms with Crippen molar-refractivity contribution in [1.29, 1.82) is 0 Å². The Labute approximate surface area is 175 Å². The summed E-state index contributed by atoms with van der Waals surface area (Å²) in [4.78, 5) is 26.5. The second kappa shape index (κ2) is 10.1. The third kappa shape index (κ3) is 6.69. The van der Waals surface area contributed by atoms with E-state index >= 15 is 0 Å². The fourth-order valence-corrected chi connectivity index (χ4v) is 3.41. The molecule has 0 aromatic heterocycles. The van der Waals surface area contributed by atoms with Crippen LogP contribution in [-0.2, 0) is 20.7 Å². The summed E-state index contributed by atoms with van der Waals surface area (Å²) in [6, 6.07) is 7.86. The molecule has 2 rings (SSSR count). The van der Waals surface area contributed by atoms with Gasteiger partial charge in [0.2, 0.25) is 0 Å². The van der Waals surface area contributed by atoms with E-state index in [9.17, 15) is 9.59 Å². The quantitative estimate of drug-likeness (QED) is 0.458. The van der Waals surface area contributed by atoms with Crippen molar-refractivity contribution in [2.75, 3.05) is 31.6 Å². The van der Waals surface area contributed by atoms with Crippen LogP contribution in [0.4, 0.5) is 4.79 Å². The largest absolute Gasteiger partial charge is 0.493 e. The van der Waals surface area contributed by atoms with Crippen molar-refractivity contribution >= 4 is 28.0 Å². The number of hydrogen-bond acceptors (Lipinski definition) is 5. The van der Waals surface area contributed by atoms with Crippen molar-refractivity contribution in [2.24, 2.45) is 11.8 Å². The maximum atomic E-state index is 12.5. The number of nitrogens with zero attached hydrogens (tertiary/aromatic N) is 1. The van der Waals surface area contributed by atoms with E-state index in [2.05, 4.69) is 15.9 Å². The third-order valence-electron chi connectivity index (χ3n) is 4.45. The van der Waals surface area contributed by atoms with Crippen LogP contribution in [0.25, 0.3) is 0 Å². The summed E-state index contributed by atoms with van der Waals surface area (Å²) < 4.78 is 16.3. The Bertz CT molecular complexity index is 656. The molecule has 1 aliphatic rings. The number of rotatable bonds is 7. The van der Waals surface area contributed by atoms with Gasteiger partial charge in [0, 0.05) is 18.4 Å². The Morgan fingerprint density at radius 2 is 1.86 bits per heavy atom. The van der Waals surface area contributed by atoms with Crippen molar-refractivity contribution < 1.29 is 23.8 Å². The molecular weight excluding hydrogens is 426 g/mol. The maximum absolute atomic E-state index is 12.5. The summed E-state index contributed by atoms with van der Waals surface area (Å²) in [7, 11) is 0. The number of carbonyl (C=O) groups is 2. The molecule has 28 heavy (non-hydrogen) atoms. The minimum absolute atomic E-state index is 0.0131. The summed E-state index contributed by atoms with van der Waals surface area (Å²) in [5, 5.41) is 0.776. The van der Waals surface area contributed by atoms with Gasteiger partial charge < -0.3 is 19.1 Å². The Morgan fingerprint density at radius 3 is 2.43 bits per heavy atom. The summed E-state index contributed by atoms with van der Waals surface area (Å²) >= 11 is 3.34. The molecule has 0 aliphatic carbocycles. The molecule has 1 aromatic rings. The molecule has 0 unspecified atom stereocenters. The SMILES string of the molecule is CCOC(=O)[C@H]1CN(C(=O)OC(C)(C)C)C[C@H]1Cc1ccc(OCCBr)cc1. The van der Waals surface area contributed by atoms with E-state index in [4.69, 9.17) is 14.2 Å². The molecule has 0 bridgehead atoms. The van der Waals surface area contributed by atoms with Crippen molar-refractivity contribution in [3.63, 3.8) is 0 Å². The highest BCUT2D eigenvalue weighted by molar-refractivity contribution is 9.09. The summed E-state index contributed by atoms with van der Waals surface area (Å²) in [5.74, 6) is 0.195. The van der Waals surface area contributed by atoms with Crippen LogP contribution >= 0.6 is 15.9 Å². The van der Waals surface area contributed by atoms with Gasteiger partial charge in [-0.05, 0) is 57.7 Å². The lowest BCUT2D eigenvalue weighted by atomic mass is 9.90. The Morgan fingerprint density at radius 1 is 1.18 bits per heavy atom.